The monoisotopic (exact) mass is 565 g/mol. The number of para-hydroxylation sites is 1. The van der Waals surface area contributed by atoms with Gasteiger partial charge in [-0.15, -0.1) is 0 Å². The average Bonchev–Trinajstić information content (AvgIpc) is 3.32. The number of ether oxygens (including phenoxy) is 3. The molecule has 1 aliphatic rings. The molecule has 1 fully saturated rings. The van der Waals surface area contributed by atoms with E-state index in [1.54, 1.807) is 54.6 Å². The van der Waals surface area contributed by atoms with Crippen molar-refractivity contribution in [2.75, 3.05) is 11.9 Å². The first kappa shape index (κ1) is 29.4. The van der Waals surface area contributed by atoms with Gasteiger partial charge in [0.2, 0.25) is 0 Å². The van der Waals surface area contributed by atoms with E-state index in [-0.39, 0.29) is 24.3 Å². The van der Waals surface area contributed by atoms with Crippen molar-refractivity contribution in [3.63, 3.8) is 0 Å². The molecular weight excluding hydrogens is 539 g/mol. The van der Waals surface area contributed by atoms with E-state index in [1.165, 1.54) is 18.2 Å². The summed E-state index contributed by atoms with van der Waals surface area (Å²) in [5, 5.41) is 1.81. The van der Waals surface area contributed by atoms with Crippen LogP contribution in [0.2, 0.25) is 0 Å². The van der Waals surface area contributed by atoms with Crippen LogP contribution in [0.3, 0.4) is 0 Å². The van der Waals surface area contributed by atoms with Gasteiger partial charge in [0.25, 0.3) is 0 Å². The van der Waals surface area contributed by atoms with Crippen molar-refractivity contribution in [1.82, 2.24) is 0 Å². The summed E-state index contributed by atoms with van der Waals surface area (Å²) < 4.78 is 55.3. The highest BCUT2D eigenvalue weighted by Gasteiger charge is 2.40. The molecule has 0 spiro atoms. The number of anilines is 1. The zero-order valence-electron chi connectivity index (χ0n) is 22.2. The Kier molecular flexibility index (Phi) is 9.10. The Labute approximate surface area is 234 Å². The number of hydrogen-bond donors (Lipinski definition) is 1. The fraction of sp³-hybridized carbons (Fsp3) is 0.258. The number of aryl methyl sites for hydroxylation is 2. The van der Waals surface area contributed by atoms with Crippen LogP contribution in [0.5, 0.6) is 0 Å². The van der Waals surface area contributed by atoms with Crippen molar-refractivity contribution < 1.29 is 41.8 Å². The quantitative estimate of drug-likeness (QED) is 0.318. The molecule has 4 rings (SSSR count). The lowest BCUT2D eigenvalue weighted by molar-refractivity contribution is -0.167. The third kappa shape index (κ3) is 7.96. The Morgan fingerprint density at radius 3 is 2.10 bits per heavy atom. The molecule has 1 heterocycles. The van der Waals surface area contributed by atoms with Crippen LogP contribution in [0.4, 0.5) is 18.9 Å². The number of carbonyl (C=O) groups is 3. The van der Waals surface area contributed by atoms with Crippen LogP contribution in [0.15, 0.2) is 72.8 Å². The van der Waals surface area contributed by atoms with Gasteiger partial charge in [-0.3, -0.25) is 4.79 Å². The normalized spacial score (nSPS) is 18.1. The van der Waals surface area contributed by atoms with E-state index in [4.69, 9.17) is 14.2 Å². The van der Waals surface area contributed by atoms with Crippen molar-refractivity contribution in [2.24, 2.45) is 0 Å². The van der Waals surface area contributed by atoms with Crippen LogP contribution < -0.4 is 5.32 Å². The zero-order valence-corrected chi connectivity index (χ0v) is 22.2. The number of alkyl halides is 3. The molecule has 0 radical (unpaired) electrons. The molecule has 10 heteroatoms. The van der Waals surface area contributed by atoms with Crippen LogP contribution in [0, 0.1) is 25.7 Å². The molecule has 212 valence electrons. The molecule has 0 aromatic heterocycles. The second kappa shape index (κ2) is 12.7. The second-order valence-corrected chi connectivity index (χ2v) is 9.44. The fourth-order valence-corrected chi connectivity index (χ4v) is 3.96. The molecule has 1 saturated heterocycles. The SMILES string of the molecule is Cc1ccc(C(=O)OC[C@H]2O[C@@H](C#Cc3ccccc3NC(=O)C(F)(F)F)C[C@@H]2OC(=O)c2ccc(C)cc2)cc1. The molecule has 0 unspecified atom stereocenters. The van der Waals surface area contributed by atoms with Crippen molar-refractivity contribution in [2.45, 2.75) is 44.8 Å². The molecule has 0 aliphatic carbocycles. The summed E-state index contributed by atoms with van der Waals surface area (Å²) in [6.45, 7) is 3.54. The summed E-state index contributed by atoms with van der Waals surface area (Å²) in [6, 6.07) is 19.4. The van der Waals surface area contributed by atoms with Gasteiger partial charge in [-0.05, 0) is 50.2 Å². The predicted molar refractivity (Wildman–Crippen MR) is 143 cm³/mol. The minimum Gasteiger partial charge on any atom is -0.459 e. The van der Waals surface area contributed by atoms with Gasteiger partial charge in [-0.25, -0.2) is 9.59 Å². The van der Waals surface area contributed by atoms with Crippen molar-refractivity contribution in [3.05, 3.63) is 101 Å². The molecule has 3 aromatic carbocycles. The van der Waals surface area contributed by atoms with Crippen LogP contribution in [0.25, 0.3) is 0 Å². The molecule has 3 atom stereocenters. The summed E-state index contributed by atoms with van der Waals surface area (Å²) in [4.78, 5) is 36.8. The highest BCUT2D eigenvalue weighted by molar-refractivity contribution is 5.96. The van der Waals surface area contributed by atoms with E-state index >= 15 is 0 Å². The first-order chi connectivity index (χ1) is 19.5. The summed E-state index contributed by atoms with van der Waals surface area (Å²) in [7, 11) is 0. The van der Waals surface area contributed by atoms with E-state index in [9.17, 15) is 27.6 Å². The third-order valence-corrected chi connectivity index (χ3v) is 6.21. The standard InChI is InChI=1S/C31H26F3NO6/c1-19-7-11-22(12-8-19)28(36)39-18-27-26(41-29(37)23-13-9-20(2)10-14-23)17-24(40-27)16-15-21-5-3-4-6-25(21)35-30(38)31(32,33)34/h3-14,24,26-27H,17-18H2,1-2H3,(H,35,38)/t24-,26-,27+/m0/s1. The number of esters is 2. The van der Waals surface area contributed by atoms with E-state index in [2.05, 4.69) is 11.8 Å². The van der Waals surface area contributed by atoms with Crippen molar-refractivity contribution in [3.8, 4) is 11.8 Å². The molecule has 0 bridgehead atoms. The maximum absolute atomic E-state index is 12.8. The molecule has 3 aromatic rings. The minimum absolute atomic E-state index is 0.119. The van der Waals surface area contributed by atoms with Gasteiger partial charge < -0.3 is 19.5 Å². The summed E-state index contributed by atoms with van der Waals surface area (Å²) in [6.07, 6.45) is -7.42. The lowest BCUT2D eigenvalue weighted by Gasteiger charge is -2.19. The number of nitrogens with one attached hydrogen (secondary N) is 1. The smallest absolute Gasteiger partial charge is 0.459 e. The molecule has 7 nitrogen and oxygen atoms in total. The number of benzene rings is 3. The number of halogens is 3. The first-order valence-corrected chi connectivity index (χ1v) is 12.7. The van der Waals surface area contributed by atoms with E-state index in [0.717, 1.165) is 11.1 Å². The third-order valence-electron chi connectivity index (χ3n) is 6.21. The maximum Gasteiger partial charge on any atom is 0.471 e. The van der Waals surface area contributed by atoms with Gasteiger partial charge >= 0.3 is 24.0 Å². The molecule has 1 aliphatic heterocycles. The zero-order chi connectivity index (χ0) is 29.6. The van der Waals surface area contributed by atoms with Gasteiger partial charge in [-0.2, -0.15) is 13.2 Å². The van der Waals surface area contributed by atoms with Gasteiger partial charge in [0.15, 0.2) is 0 Å². The summed E-state index contributed by atoms with van der Waals surface area (Å²) in [5.74, 6) is 2.25. The predicted octanol–water partition coefficient (Wildman–Crippen LogP) is 5.40. The number of amides is 1. The van der Waals surface area contributed by atoms with Gasteiger partial charge in [0, 0.05) is 12.0 Å². The largest absolute Gasteiger partial charge is 0.471 e. The Hall–Kier alpha value is -4.62. The van der Waals surface area contributed by atoms with Gasteiger partial charge in [0.05, 0.1) is 16.8 Å². The van der Waals surface area contributed by atoms with Gasteiger partial charge in [-0.1, -0.05) is 59.4 Å². The molecular formula is C31H26F3NO6. The lowest BCUT2D eigenvalue weighted by Crippen LogP contribution is -2.32. The van der Waals surface area contributed by atoms with E-state index < -0.39 is 42.3 Å². The highest BCUT2D eigenvalue weighted by Crippen LogP contribution is 2.26. The topological polar surface area (TPSA) is 90.9 Å². The van der Waals surface area contributed by atoms with Gasteiger partial charge in [0.1, 0.15) is 24.9 Å². The second-order valence-electron chi connectivity index (χ2n) is 9.44. The van der Waals surface area contributed by atoms with Crippen LogP contribution in [-0.2, 0) is 19.0 Å². The van der Waals surface area contributed by atoms with Crippen LogP contribution in [-0.4, -0.2) is 48.9 Å². The van der Waals surface area contributed by atoms with Crippen LogP contribution >= 0.6 is 0 Å². The number of carbonyl (C=O) groups excluding carboxylic acids is 3. The fourth-order valence-electron chi connectivity index (χ4n) is 3.96. The Bertz CT molecular complexity index is 1470. The molecule has 1 amide bonds. The minimum atomic E-state index is -5.06. The first-order valence-electron chi connectivity index (χ1n) is 12.7. The Morgan fingerprint density at radius 2 is 1.49 bits per heavy atom. The van der Waals surface area contributed by atoms with E-state index in [1.807, 2.05) is 19.2 Å². The number of hydrogen-bond acceptors (Lipinski definition) is 6. The van der Waals surface area contributed by atoms with Crippen LogP contribution in [0.1, 0.15) is 43.8 Å². The Balaban J connectivity index is 1.50. The van der Waals surface area contributed by atoms with Crippen molar-refractivity contribution in [1.29, 1.82) is 0 Å². The average molecular weight is 566 g/mol. The maximum atomic E-state index is 12.8. The summed E-state index contributed by atoms with van der Waals surface area (Å²) in [5.41, 5.74) is 2.63. The molecule has 0 saturated carbocycles. The highest BCUT2D eigenvalue weighted by atomic mass is 19.4. The number of rotatable bonds is 6. The van der Waals surface area contributed by atoms with Crippen molar-refractivity contribution >= 4 is 23.5 Å². The Morgan fingerprint density at radius 1 is 0.902 bits per heavy atom. The summed E-state index contributed by atoms with van der Waals surface area (Å²) >= 11 is 0. The molecule has 1 N–H and O–H groups in total. The lowest BCUT2D eigenvalue weighted by atomic mass is 10.1. The molecule has 41 heavy (non-hydrogen) atoms. The van der Waals surface area contributed by atoms with E-state index in [0.29, 0.717) is 11.1 Å².